The largest absolute Gasteiger partial charge is 0.240 e. The van der Waals surface area contributed by atoms with Crippen LogP contribution < -0.4 is 4.72 Å². The summed E-state index contributed by atoms with van der Waals surface area (Å²) in [6, 6.07) is 5.33. The quantitative estimate of drug-likeness (QED) is 0.855. The van der Waals surface area contributed by atoms with E-state index in [-0.39, 0.29) is 0 Å². The first-order valence-corrected chi connectivity index (χ1v) is 6.52. The van der Waals surface area contributed by atoms with E-state index in [1.807, 2.05) is 26.8 Å². The number of benzene rings is 1. The van der Waals surface area contributed by atoms with Crippen LogP contribution in [0, 0.1) is 13.8 Å². The van der Waals surface area contributed by atoms with Crippen molar-refractivity contribution < 1.29 is 8.42 Å². The first-order valence-electron chi connectivity index (χ1n) is 5.03. The second kappa shape index (κ2) is 4.77. The van der Waals surface area contributed by atoms with Gasteiger partial charge in [-0.3, -0.25) is 0 Å². The molecule has 0 aliphatic heterocycles. The molecule has 0 radical (unpaired) electrons. The standard InChI is InChI=1S/C11H17NO2S/c1-4-5-12-15(13,14)11-7-9(2)6-10(3)8-11/h6-8,12H,4-5H2,1-3H3. The SMILES string of the molecule is CCCNS(=O)(=O)c1cc(C)cc(C)c1. The first-order chi connectivity index (χ1) is 6.95. The Bertz CT molecular complexity index is 418. The molecule has 1 N–H and O–H groups in total. The van der Waals surface area contributed by atoms with Gasteiger partial charge in [0.1, 0.15) is 0 Å². The van der Waals surface area contributed by atoms with Gasteiger partial charge in [0.25, 0.3) is 0 Å². The molecule has 0 bridgehead atoms. The molecule has 0 saturated heterocycles. The van der Waals surface area contributed by atoms with E-state index in [0.717, 1.165) is 17.5 Å². The Kier molecular flexibility index (Phi) is 3.88. The highest BCUT2D eigenvalue weighted by Gasteiger charge is 2.13. The fourth-order valence-corrected chi connectivity index (χ4v) is 2.73. The lowest BCUT2D eigenvalue weighted by atomic mass is 10.2. The van der Waals surface area contributed by atoms with Crippen LogP contribution in [0.1, 0.15) is 24.5 Å². The van der Waals surface area contributed by atoms with Crippen LogP contribution in [0.5, 0.6) is 0 Å². The minimum absolute atomic E-state index is 0.355. The summed E-state index contributed by atoms with van der Waals surface area (Å²) in [5.41, 5.74) is 1.93. The molecule has 0 aromatic heterocycles. The predicted octanol–water partition coefficient (Wildman–Crippen LogP) is 1.99. The van der Waals surface area contributed by atoms with Gasteiger partial charge in [-0.2, -0.15) is 0 Å². The van der Waals surface area contributed by atoms with Gasteiger partial charge in [-0.25, -0.2) is 13.1 Å². The van der Waals surface area contributed by atoms with Crippen LogP contribution >= 0.6 is 0 Å². The number of rotatable bonds is 4. The average molecular weight is 227 g/mol. The molecule has 0 amide bonds. The highest BCUT2D eigenvalue weighted by atomic mass is 32.2. The second-order valence-electron chi connectivity index (χ2n) is 3.72. The molecule has 0 spiro atoms. The maximum absolute atomic E-state index is 11.8. The Morgan fingerprint density at radius 2 is 1.67 bits per heavy atom. The molecule has 1 rings (SSSR count). The van der Waals surface area contributed by atoms with Crippen molar-refractivity contribution in [1.82, 2.24) is 4.72 Å². The number of sulfonamides is 1. The van der Waals surface area contributed by atoms with Gasteiger partial charge in [0.2, 0.25) is 10.0 Å². The third-order valence-electron chi connectivity index (χ3n) is 2.05. The van der Waals surface area contributed by atoms with E-state index >= 15 is 0 Å². The summed E-state index contributed by atoms with van der Waals surface area (Å²) >= 11 is 0. The molecule has 0 heterocycles. The van der Waals surface area contributed by atoms with Crippen molar-refractivity contribution in [3.63, 3.8) is 0 Å². The molecule has 15 heavy (non-hydrogen) atoms. The summed E-state index contributed by atoms with van der Waals surface area (Å²) in [7, 11) is -3.32. The van der Waals surface area contributed by atoms with Crippen LogP contribution in [0.25, 0.3) is 0 Å². The fourth-order valence-electron chi connectivity index (χ4n) is 1.41. The topological polar surface area (TPSA) is 46.2 Å². The van der Waals surface area contributed by atoms with Crippen LogP contribution in [0.2, 0.25) is 0 Å². The van der Waals surface area contributed by atoms with E-state index in [9.17, 15) is 8.42 Å². The molecule has 1 aromatic rings. The Hall–Kier alpha value is -0.870. The van der Waals surface area contributed by atoms with Crippen LogP contribution in [-0.2, 0) is 10.0 Å². The zero-order chi connectivity index (χ0) is 11.5. The molecule has 84 valence electrons. The summed E-state index contributed by atoms with van der Waals surface area (Å²) in [5.74, 6) is 0. The fraction of sp³-hybridized carbons (Fsp3) is 0.455. The molecule has 4 heteroatoms. The van der Waals surface area contributed by atoms with E-state index in [4.69, 9.17) is 0 Å². The molecule has 0 saturated carbocycles. The Morgan fingerprint density at radius 3 is 2.13 bits per heavy atom. The van der Waals surface area contributed by atoms with Crippen molar-refractivity contribution in [3.05, 3.63) is 29.3 Å². The van der Waals surface area contributed by atoms with E-state index in [1.165, 1.54) is 0 Å². The lowest BCUT2D eigenvalue weighted by Crippen LogP contribution is -2.24. The molecule has 0 aliphatic rings. The summed E-state index contributed by atoms with van der Waals surface area (Å²) in [4.78, 5) is 0.355. The van der Waals surface area contributed by atoms with Gasteiger partial charge >= 0.3 is 0 Å². The smallest absolute Gasteiger partial charge is 0.211 e. The summed E-state index contributed by atoms with van der Waals surface area (Å²) < 4.78 is 26.1. The van der Waals surface area contributed by atoms with Crippen molar-refractivity contribution >= 4 is 10.0 Å². The minimum Gasteiger partial charge on any atom is -0.211 e. The maximum atomic E-state index is 11.8. The van der Waals surface area contributed by atoms with Gasteiger partial charge in [0.05, 0.1) is 4.90 Å². The van der Waals surface area contributed by atoms with E-state index in [1.54, 1.807) is 12.1 Å². The molecule has 0 unspecified atom stereocenters. The Morgan fingerprint density at radius 1 is 1.13 bits per heavy atom. The number of aryl methyl sites for hydroxylation is 2. The molecular formula is C11H17NO2S. The van der Waals surface area contributed by atoms with Crippen LogP contribution in [0.4, 0.5) is 0 Å². The Labute approximate surface area is 91.6 Å². The van der Waals surface area contributed by atoms with Gasteiger partial charge in [0, 0.05) is 6.54 Å². The van der Waals surface area contributed by atoms with Crippen LogP contribution in [-0.4, -0.2) is 15.0 Å². The molecular weight excluding hydrogens is 210 g/mol. The van der Waals surface area contributed by atoms with Crippen molar-refractivity contribution in [2.45, 2.75) is 32.1 Å². The zero-order valence-electron chi connectivity index (χ0n) is 9.37. The molecule has 0 fully saturated rings. The van der Waals surface area contributed by atoms with Crippen LogP contribution in [0.15, 0.2) is 23.1 Å². The minimum atomic E-state index is -3.32. The number of hydrogen-bond acceptors (Lipinski definition) is 2. The van der Waals surface area contributed by atoms with Gasteiger partial charge < -0.3 is 0 Å². The van der Waals surface area contributed by atoms with Gasteiger partial charge in [-0.1, -0.05) is 13.0 Å². The molecule has 3 nitrogen and oxygen atoms in total. The monoisotopic (exact) mass is 227 g/mol. The number of nitrogens with one attached hydrogen (secondary N) is 1. The summed E-state index contributed by atoms with van der Waals surface area (Å²) in [5, 5.41) is 0. The average Bonchev–Trinajstić information content (AvgIpc) is 2.13. The maximum Gasteiger partial charge on any atom is 0.240 e. The summed E-state index contributed by atoms with van der Waals surface area (Å²) in [6.45, 7) is 6.21. The number of hydrogen-bond donors (Lipinski definition) is 1. The third kappa shape index (κ3) is 3.32. The summed E-state index contributed by atoms with van der Waals surface area (Å²) in [6.07, 6.45) is 0.796. The lowest BCUT2D eigenvalue weighted by molar-refractivity contribution is 0.580. The van der Waals surface area contributed by atoms with E-state index < -0.39 is 10.0 Å². The third-order valence-corrected chi connectivity index (χ3v) is 3.49. The molecule has 1 aromatic carbocycles. The molecule has 0 atom stereocenters. The van der Waals surface area contributed by atoms with E-state index in [2.05, 4.69) is 4.72 Å². The van der Waals surface area contributed by atoms with Crippen molar-refractivity contribution in [3.8, 4) is 0 Å². The van der Waals surface area contributed by atoms with Crippen molar-refractivity contribution in [1.29, 1.82) is 0 Å². The normalized spacial score (nSPS) is 11.7. The molecule has 0 aliphatic carbocycles. The first kappa shape index (κ1) is 12.2. The van der Waals surface area contributed by atoms with Crippen molar-refractivity contribution in [2.75, 3.05) is 6.54 Å². The Balaban J connectivity index is 3.04. The van der Waals surface area contributed by atoms with Gasteiger partial charge in [0.15, 0.2) is 0 Å². The lowest BCUT2D eigenvalue weighted by Gasteiger charge is -2.07. The zero-order valence-corrected chi connectivity index (χ0v) is 10.2. The van der Waals surface area contributed by atoms with Gasteiger partial charge in [-0.05, 0) is 43.5 Å². The predicted molar refractivity (Wildman–Crippen MR) is 61.4 cm³/mol. The highest BCUT2D eigenvalue weighted by molar-refractivity contribution is 7.89. The second-order valence-corrected chi connectivity index (χ2v) is 5.49. The van der Waals surface area contributed by atoms with Crippen molar-refractivity contribution in [2.24, 2.45) is 0 Å². The van der Waals surface area contributed by atoms with E-state index in [0.29, 0.717) is 11.4 Å². The van der Waals surface area contributed by atoms with Crippen LogP contribution in [0.3, 0.4) is 0 Å². The highest BCUT2D eigenvalue weighted by Crippen LogP contribution is 2.13. The van der Waals surface area contributed by atoms with Gasteiger partial charge in [-0.15, -0.1) is 0 Å².